The van der Waals surface area contributed by atoms with Crippen molar-refractivity contribution in [1.82, 2.24) is 19.8 Å². The minimum Gasteiger partial charge on any atom is -0.387 e. The number of nitrogens with one attached hydrogen (secondary N) is 2. The molecule has 0 unspecified atom stereocenters. The molecule has 0 amide bonds. The van der Waals surface area contributed by atoms with Crippen LogP contribution in [0.15, 0.2) is 16.9 Å². The van der Waals surface area contributed by atoms with Gasteiger partial charge in [0.1, 0.15) is 5.82 Å². The number of aromatic amines is 1. The van der Waals surface area contributed by atoms with Crippen molar-refractivity contribution in [1.29, 1.82) is 5.41 Å². The van der Waals surface area contributed by atoms with Crippen molar-refractivity contribution in [3.63, 3.8) is 0 Å². The molecule has 0 aromatic carbocycles. The number of nitrogens with two attached hydrogens (primary N) is 1. The number of anilines is 1. The van der Waals surface area contributed by atoms with Gasteiger partial charge in [-0.3, -0.25) is 5.41 Å². The van der Waals surface area contributed by atoms with Crippen molar-refractivity contribution in [2.45, 2.75) is 12.8 Å². The van der Waals surface area contributed by atoms with E-state index in [1.807, 2.05) is 6.07 Å². The Balaban J connectivity index is 1.83. The maximum absolute atomic E-state index is 11.5. The number of rotatable bonds is 2. The van der Waals surface area contributed by atoms with E-state index in [-0.39, 0.29) is 17.4 Å². The summed E-state index contributed by atoms with van der Waals surface area (Å²) in [4.78, 5) is 13.6. The van der Waals surface area contributed by atoms with Crippen molar-refractivity contribution in [3.8, 4) is 0 Å². The maximum Gasteiger partial charge on any atom is 0.364 e. The molecule has 0 spiro atoms. The summed E-state index contributed by atoms with van der Waals surface area (Å²) in [7, 11) is 0. The van der Waals surface area contributed by atoms with Gasteiger partial charge in [0.15, 0.2) is 5.65 Å². The molecule has 19 heavy (non-hydrogen) atoms. The molecule has 3 rings (SSSR count). The first-order chi connectivity index (χ1) is 9.15. The van der Waals surface area contributed by atoms with Crippen molar-refractivity contribution in [2.24, 2.45) is 11.7 Å². The lowest BCUT2D eigenvalue weighted by Crippen LogP contribution is -2.39. The highest BCUT2D eigenvalue weighted by molar-refractivity contribution is 5.79. The van der Waals surface area contributed by atoms with Gasteiger partial charge in [-0.1, -0.05) is 0 Å². The van der Waals surface area contributed by atoms with E-state index in [9.17, 15) is 4.79 Å². The normalized spacial score (nSPS) is 16.9. The van der Waals surface area contributed by atoms with E-state index in [1.54, 1.807) is 6.07 Å². The van der Waals surface area contributed by atoms with Crippen LogP contribution in [0.4, 0.5) is 5.82 Å². The molecular formula is C11H15N7O. The van der Waals surface area contributed by atoms with E-state index >= 15 is 0 Å². The first-order valence-corrected chi connectivity index (χ1v) is 6.18. The second-order valence-electron chi connectivity index (χ2n) is 4.71. The highest BCUT2D eigenvalue weighted by atomic mass is 16.2. The van der Waals surface area contributed by atoms with Gasteiger partial charge in [0.05, 0.1) is 5.84 Å². The van der Waals surface area contributed by atoms with E-state index in [1.165, 1.54) is 4.52 Å². The van der Waals surface area contributed by atoms with Gasteiger partial charge >= 0.3 is 5.69 Å². The zero-order valence-electron chi connectivity index (χ0n) is 10.3. The zero-order chi connectivity index (χ0) is 13.4. The van der Waals surface area contributed by atoms with Crippen LogP contribution in [-0.2, 0) is 0 Å². The Labute approximate surface area is 108 Å². The molecule has 1 aliphatic rings. The van der Waals surface area contributed by atoms with E-state index < -0.39 is 0 Å². The molecule has 1 aliphatic heterocycles. The van der Waals surface area contributed by atoms with Crippen LogP contribution in [0.5, 0.6) is 0 Å². The fourth-order valence-corrected chi connectivity index (χ4v) is 2.38. The van der Waals surface area contributed by atoms with Crippen LogP contribution in [-0.4, -0.2) is 38.7 Å². The predicted molar refractivity (Wildman–Crippen MR) is 70.5 cm³/mol. The standard InChI is InChI=1S/C11H15N7O/c12-10(13)7-3-5-17(6-4-7)9-2-1-8-14-15-11(19)18(8)16-9/h1-2,7H,3-6H2,(H3,12,13)(H,15,19). The molecule has 0 saturated carbocycles. The molecule has 4 N–H and O–H groups in total. The topological polar surface area (TPSA) is 116 Å². The lowest BCUT2D eigenvalue weighted by atomic mass is 9.96. The molecule has 3 heterocycles. The summed E-state index contributed by atoms with van der Waals surface area (Å²) in [5.41, 5.74) is 5.69. The Morgan fingerprint density at radius 2 is 2.16 bits per heavy atom. The second-order valence-corrected chi connectivity index (χ2v) is 4.71. The molecule has 0 bridgehead atoms. The van der Waals surface area contributed by atoms with E-state index in [0.717, 1.165) is 31.7 Å². The largest absolute Gasteiger partial charge is 0.387 e. The van der Waals surface area contributed by atoms with Gasteiger partial charge in [-0.05, 0) is 25.0 Å². The van der Waals surface area contributed by atoms with Gasteiger partial charge in [-0.25, -0.2) is 9.89 Å². The third kappa shape index (κ3) is 2.05. The van der Waals surface area contributed by atoms with Crippen LogP contribution < -0.4 is 16.3 Å². The van der Waals surface area contributed by atoms with Gasteiger partial charge in [-0.15, -0.1) is 5.10 Å². The number of hydrogen-bond donors (Lipinski definition) is 3. The molecule has 0 aliphatic carbocycles. The molecule has 8 nitrogen and oxygen atoms in total. The van der Waals surface area contributed by atoms with Crippen molar-refractivity contribution in [2.75, 3.05) is 18.0 Å². The van der Waals surface area contributed by atoms with Crippen molar-refractivity contribution in [3.05, 3.63) is 22.6 Å². The first-order valence-electron chi connectivity index (χ1n) is 6.18. The third-order valence-corrected chi connectivity index (χ3v) is 3.52. The van der Waals surface area contributed by atoms with Crippen molar-refractivity contribution >= 4 is 17.3 Å². The number of fused-ring (bicyclic) bond motifs is 1. The highest BCUT2D eigenvalue weighted by Gasteiger charge is 2.22. The SMILES string of the molecule is N=C(N)C1CCN(c2ccc3n[nH]c(=O)n3n2)CC1. The first kappa shape index (κ1) is 11.7. The number of piperidine rings is 1. The van der Waals surface area contributed by atoms with Crippen LogP contribution >= 0.6 is 0 Å². The van der Waals surface area contributed by atoms with Crippen LogP contribution in [0.3, 0.4) is 0 Å². The molecule has 2 aromatic heterocycles. The lowest BCUT2D eigenvalue weighted by Gasteiger charge is -2.31. The molecule has 100 valence electrons. The summed E-state index contributed by atoms with van der Waals surface area (Å²) in [6.45, 7) is 1.57. The summed E-state index contributed by atoms with van der Waals surface area (Å²) >= 11 is 0. The monoisotopic (exact) mass is 261 g/mol. The molecule has 1 saturated heterocycles. The summed E-state index contributed by atoms with van der Waals surface area (Å²) in [6, 6.07) is 3.61. The zero-order valence-corrected chi connectivity index (χ0v) is 10.3. The minimum atomic E-state index is -0.338. The molecule has 8 heteroatoms. The van der Waals surface area contributed by atoms with Crippen LogP contribution in [0, 0.1) is 11.3 Å². The van der Waals surface area contributed by atoms with Gasteiger partial charge < -0.3 is 10.6 Å². The Bertz CT molecular complexity index is 665. The highest BCUT2D eigenvalue weighted by Crippen LogP contribution is 2.21. The van der Waals surface area contributed by atoms with Gasteiger partial charge in [0.25, 0.3) is 0 Å². The lowest BCUT2D eigenvalue weighted by molar-refractivity contribution is 0.493. The summed E-state index contributed by atoms with van der Waals surface area (Å²) < 4.78 is 1.26. The molecular weight excluding hydrogens is 246 g/mol. The smallest absolute Gasteiger partial charge is 0.364 e. The number of aromatic nitrogens is 4. The average Bonchev–Trinajstić information content (AvgIpc) is 2.80. The molecule has 0 radical (unpaired) electrons. The Hall–Kier alpha value is -2.38. The number of H-pyrrole nitrogens is 1. The Morgan fingerprint density at radius 3 is 2.84 bits per heavy atom. The van der Waals surface area contributed by atoms with Gasteiger partial charge in [0.2, 0.25) is 0 Å². The average molecular weight is 261 g/mol. The Kier molecular flexibility index (Phi) is 2.69. The molecule has 1 fully saturated rings. The third-order valence-electron chi connectivity index (χ3n) is 3.52. The fraction of sp³-hybridized carbons (Fsp3) is 0.455. The molecule has 2 aromatic rings. The number of hydrogen-bond acceptors (Lipinski definition) is 5. The number of nitrogens with zero attached hydrogens (tertiary/aromatic N) is 4. The predicted octanol–water partition coefficient (Wildman–Crippen LogP) is -0.430. The Morgan fingerprint density at radius 1 is 1.42 bits per heavy atom. The van der Waals surface area contributed by atoms with Crippen molar-refractivity contribution < 1.29 is 0 Å². The maximum atomic E-state index is 11.5. The van der Waals surface area contributed by atoms with Gasteiger partial charge in [-0.2, -0.15) is 9.61 Å². The number of amidine groups is 1. The summed E-state index contributed by atoms with van der Waals surface area (Å²) in [5.74, 6) is 1.17. The van der Waals surface area contributed by atoms with Gasteiger partial charge in [0, 0.05) is 19.0 Å². The van der Waals surface area contributed by atoms with Crippen LogP contribution in [0.2, 0.25) is 0 Å². The van der Waals surface area contributed by atoms with Crippen LogP contribution in [0.1, 0.15) is 12.8 Å². The quantitative estimate of drug-likeness (QED) is 0.501. The van der Waals surface area contributed by atoms with Crippen LogP contribution in [0.25, 0.3) is 5.65 Å². The summed E-state index contributed by atoms with van der Waals surface area (Å²) in [6.07, 6.45) is 1.69. The second kappa shape index (κ2) is 4.38. The van der Waals surface area contributed by atoms with E-state index in [4.69, 9.17) is 11.1 Å². The minimum absolute atomic E-state index is 0.164. The van der Waals surface area contributed by atoms with E-state index in [2.05, 4.69) is 20.2 Å². The van der Waals surface area contributed by atoms with E-state index in [0.29, 0.717) is 5.65 Å². The fourth-order valence-electron chi connectivity index (χ4n) is 2.38. The summed E-state index contributed by atoms with van der Waals surface area (Å²) in [5, 5.41) is 17.9. The molecule has 0 atom stereocenters.